The first kappa shape index (κ1) is 11.8. The minimum atomic E-state index is 0.381. The summed E-state index contributed by atoms with van der Waals surface area (Å²) in [5, 5.41) is 8.54. The minimum Gasteiger partial charge on any atom is -0.296 e. The van der Waals surface area contributed by atoms with Crippen molar-refractivity contribution in [3.8, 4) is 5.69 Å². The SMILES string of the molecule is CCc1c(C=O)nnn1-c1cccc(Cl)c1C. The summed E-state index contributed by atoms with van der Waals surface area (Å²) in [6.45, 7) is 3.88. The zero-order valence-electron chi connectivity index (χ0n) is 9.64. The molecule has 0 aliphatic heterocycles. The number of carbonyl (C=O) groups excluding carboxylic acids is 1. The Morgan fingerprint density at radius 1 is 1.47 bits per heavy atom. The average molecular weight is 250 g/mol. The van der Waals surface area contributed by atoms with Gasteiger partial charge in [0.15, 0.2) is 6.29 Å². The van der Waals surface area contributed by atoms with Gasteiger partial charge in [0.05, 0.1) is 11.4 Å². The second-order valence-electron chi connectivity index (χ2n) is 3.69. The monoisotopic (exact) mass is 249 g/mol. The zero-order chi connectivity index (χ0) is 12.4. The molecule has 0 saturated carbocycles. The zero-order valence-corrected chi connectivity index (χ0v) is 10.4. The minimum absolute atomic E-state index is 0.381. The van der Waals surface area contributed by atoms with Gasteiger partial charge in [-0.25, -0.2) is 4.68 Å². The number of carbonyl (C=O) groups is 1. The molecule has 0 aliphatic carbocycles. The van der Waals surface area contributed by atoms with Crippen LogP contribution in [0.5, 0.6) is 0 Å². The van der Waals surface area contributed by atoms with Gasteiger partial charge in [0, 0.05) is 5.02 Å². The third-order valence-corrected chi connectivity index (χ3v) is 3.12. The van der Waals surface area contributed by atoms with Crippen LogP contribution < -0.4 is 0 Å². The maximum absolute atomic E-state index is 10.8. The van der Waals surface area contributed by atoms with Crippen LogP contribution in [-0.2, 0) is 6.42 Å². The number of aldehydes is 1. The topological polar surface area (TPSA) is 47.8 Å². The normalized spacial score (nSPS) is 10.5. The number of nitrogens with zero attached hydrogens (tertiary/aromatic N) is 3. The molecule has 0 atom stereocenters. The Bertz CT molecular complexity index is 563. The smallest absolute Gasteiger partial charge is 0.172 e. The van der Waals surface area contributed by atoms with Gasteiger partial charge in [0.1, 0.15) is 5.69 Å². The molecule has 0 saturated heterocycles. The van der Waals surface area contributed by atoms with Crippen LogP contribution in [0.4, 0.5) is 0 Å². The molecular weight excluding hydrogens is 238 g/mol. The Labute approximate surface area is 104 Å². The second-order valence-corrected chi connectivity index (χ2v) is 4.10. The summed E-state index contributed by atoms with van der Waals surface area (Å²) in [4.78, 5) is 10.8. The Balaban J connectivity index is 2.64. The molecule has 0 fully saturated rings. The molecule has 0 N–H and O–H groups in total. The van der Waals surface area contributed by atoms with E-state index in [-0.39, 0.29) is 0 Å². The predicted octanol–water partition coefficient (Wildman–Crippen LogP) is 2.60. The van der Waals surface area contributed by atoms with Crippen molar-refractivity contribution in [3.63, 3.8) is 0 Å². The highest BCUT2D eigenvalue weighted by atomic mass is 35.5. The highest BCUT2D eigenvalue weighted by molar-refractivity contribution is 6.31. The molecule has 5 heteroatoms. The van der Waals surface area contributed by atoms with Crippen molar-refractivity contribution in [2.75, 3.05) is 0 Å². The van der Waals surface area contributed by atoms with Gasteiger partial charge >= 0.3 is 0 Å². The Hall–Kier alpha value is -1.68. The van der Waals surface area contributed by atoms with E-state index in [2.05, 4.69) is 10.3 Å². The molecule has 2 rings (SSSR count). The van der Waals surface area contributed by atoms with Crippen LogP contribution in [0.15, 0.2) is 18.2 Å². The quantitative estimate of drug-likeness (QED) is 0.786. The van der Waals surface area contributed by atoms with Crippen molar-refractivity contribution in [1.82, 2.24) is 15.0 Å². The molecule has 0 unspecified atom stereocenters. The first-order valence-corrected chi connectivity index (χ1v) is 5.72. The van der Waals surface area contributed by atoms with Crippen molar-refractivity contribution in [2.24, 2.45) is 0 Å². The number of halogens is 1. The number of rotatable bonds is 3. The molecular formula is C12H12ClN3O. The van der Waals surface area contributed by atoms with Crippen LogP contribution in [0.3, 0.4) is 0 Å². The number of aromatic nitrogens is 3. The molecule has 0 spiro atoms. The Kier molecular flexibility index (Phi) is 3.24. The van der Waals surface area contributed by atoms with Crippen molar-refractivity contribution >= 4 is 17.9 Å². The predicted molar refractivity (Wildman–Crippen MR) is 65.9 cm³/mol. The first-order valence-electron chi connectivity index (χ1n) is 5.34. The van der Waals surface area contributed by atoms with E-state index in [1.165, 1.54) is 0 Å². The number of hydrogen-bond acceptors (Lipinski definition) is 3. The fourth-order valence-corrected chi connectivity index (χ4v) is 1.92. The summed E-state index contributed by atoms with van der Waals surface area (Å²) in [6.07, 6.45) is 1.41. The van der Waals surface area contributed by atoms with Crippen LogP contribution in [0.25, 0.3) is 5.69 Å². The standard InChI is InChI=1S/C12H12ClN3O/c1-3-11-10(7-17)14-15-16(11)12-6-4-5-9(13)8(12)2/h4-7H,3H2,1-2H3. The molecule has 1 heterocycles. The van der Waals surface area contributed by atoms with Gasteiger partial charge in [-0.05, 0) is 31.0 Å². The molecule has 4 nitrogen and oxygen atoms in total. The fraction of sp³-hybridized carbons (Fsp3) is 0.250. The number of benzene rings is 1. The van der Waals surface area contributed by atoms with Gasteiger partial charge < -0.3 is 0 Å². The second kappa shape index (κ2) is 4.67. The molecule has 0 bridgehead atoms. The van der Waals surface area contributed by atoms with E-state index >= 15 is 0 Å². The van der Waals surface area contributed by atoms with E-state index in [4.69, 9.17) is 11.6 Å². The van der Waals surface area contributed by atoms with Crippen molar-refractivity contribution in [1.29, 1.82) is 0 Å². The van der Waals surface area contributed by atoms with Crippen LogP contribution in [-0.4, -0.2) is 21.3 Å². The summed E-state index contributed by atoms with van der Waals surface area (Å²) in [5.41, 5.74) is 2.96. The fourth-order valence-electron chi connectivity index (χ4n) is 1.75. The summed E-state index contributed by atoms with van der Waals surface area (Å²) >= 11 is 6.07. The van der Waals surface area contributed by atoms with Crippen molar-refractivity contribution in [3.05, 3.63) is 40.2 Å². The van der Waals surface area contributed by atoms with E-state index in [1.807, 2.05) is 32.0 Å². The highest BCUT2D eigenvalue weighted by Crippen LogP contribution is 2.23. The van der Waals surface area contributed by atoms with Gasteiger partial charge in [0.25, 0.3) is 0 Å². The van der Waals surface area contributed by atoms with Gasteiger partial charge in [-0.3, -0.25) is 4.79 Å². The van der Waals surface area contributed by atoms with Gasteiger partial charge in [-0.2, -0.15) is 0 Å². The first-order chi connectivity index (χ1) is 8.19. The van der Waals surface area contributed by atoms with Crippen LogP contribution in [0.2, 0.25) is 5.02 Å². The molecule has 1 aromatic heterocycles. The lowest BCUT2D eigenvalue weighted by Crippen LogP contribution is -2.04. The third-order valence-electron chi connectivity index (χ3n) is 2.71. The van der Waals surface area contributed by atoms with E-state index in [0.717, 1.165) is 23.2 Å². The molecule has 88 valence electrons. The van der Waals surface area contributed by atoms with E-state index in [9.17, 15) is 4.79 Å². The lowest BCUT2D eigenvalue weighted by Gasteiger charge is -2.09. The van der Waals surface area contributed by atoms with Crippen LogP contribution in [0, 0.1) is 6.92 Å². The van der Waals surface area contributed by atoms with Gasteiger partial charge in [-0.1, -0.05) is 29.8 Å². The van der Waals surface area contributed by atoms with Gasteiger partial charge in [0.2, 0.25) is 0 Å². The lowest BCUT2D eigenvalue weighted by atomic mass is 10.2. The van der Waals surface area contributed by atoms with Gasteiger partial charge in [-0.15, -0.1) is 5.10 Å². The van der Waals surface area contributed by atoms with E-state index in [0.29, 0.717) is 17.1 Å². The third kappa shape index (κ3) is 1.96. The molecule has 0 aliphatic rings. The van der Waals surface area contributed by atoms with E-state index in [1.54, 1.807) is 4.68 Å². The molecule has 0 radical (unpaired) electrons. The molecule has 2 aromatic rings. The van der Waals surface area contributed by atoms with Crippen LogP contribution in [0.1, 0.15) is 28.7 Å². The Morgan fingerprint density at radius 2 is 2.24 bits per heavy atom. The average Bonchev–Trinajstić information content (AvgIpc) is 2.75. The summed E-state index contributed by atoms with van der Waals surface area (Å²) < 4.78 is 1.67. The highest BCUT2D eigenvalue weighted by Gasteiger charge is 2.14. The number of hydrogen-bond donors (Lipinski definition) is 0. The van der Waals surface area contributed by atoms with E-state index < -0.39 is 0 Å². The van der Waals surface area contributed by atoms with Crippen molar-refractivity contribution < 1.29 is 4.79 Å². The maximum atomic E-state index is 10.8. The summed E-state index contributed by atoms with van der Waals surface area (Å²) in [7, 11) is 0. The largest absolute Gasteiger partial charge is 0.296 e. The molecule has 1 aromatic carbocycles. The molecule has 0 amide bonds. The Morgan fingerprint density at radius 3 is 2.88 bits per heavy atom. The summed E-state index contributed by atoms with van der Waals surface area (Å²) in [5.74, 6) is 0. The van der Waals surface area contributed by atoms with Crippen LogP contribution >= 0.6 is 11.6 Å². The maximum Gasteiger partial charge on any atom is 0.172 e. The molecule has 17 heavy (non-hydrogen) atoms. The lowest BCUT2D eigenvalue weighted by molar-refractivity contribution is 0.111. The van der Waals surface area contributed by atoms with Crippen molar-refractivity contribution in [2.45, 2.75) is 20.3 Å². The summed E-state index contributed by atoms with van der Waals surface area (Å²) in [6, 6.07) is 5.58.